The normalized spacial score (nSPS) is 18.8. The van der Waals surface area contributed by atoms with Crippen LogP contribution in [-0.2, 0) is 13.1 Å². The molecule has 8 nitrogen and oxygen atoms in total. The van der Waals surface area contributed by atoms with Crippen LogP contribution in [0.25, 0.3) is 16.7 Å². The number of rotatable bonds is 5. The lowest BCUT2D eigenvalue weighted by Crippen LogP contribution is -2.39. The quantitative estimate of drug-likeness (QED) is 0.401. The van der Waals surface area contributed by atoms with Gasteiger partial charge in [0, 0.05) is 24.3 Å². The number of amides is 1. The lowest BCUT2D eigenvalue weighted by molar-refractivity contribution is 0.0919. The summed E-state index contributed by atoms with van der Waals surface area (Å²) in [5.41, 5.74) is 11.7. The second kappa shape index (κ2) is 9.76. The van der Waals surface area contributed by atoms with Crippen molar-refractivity contribution in [3.05, 3.63) is 92.6 Å². The van der Waals surface area contributed by atoms with E-state index in [0.29, 0.717) is 41.1 Å². The molecule has 1 amide bonds. The fourth-order valence-corrected chi connectivity index (χ4v) is 5.90. The predicted octanol–water partition coefficient (Wildman–Crippen LogP) is 4.36. The first kappa shape index (κ1) is 24.4. The summed E-state index contributed by atoms with van der Waals surface area (Å²) in [7, 11) is 0. The molecular formula is C29H29ClN6O2. The number of pyridine rings is 1. The Balaban J connectivity index is 1.19. The van der Waals surface area contributed by atoms with E-state index < -0.39 is 0 Å². The van der Waals surface area contributed by atoms with Crippen molar-refractivity contribution < 1.29 is 4.79 Å². The van der Waals surface area contributed by atoms with Crippen molar-refractivity contribution in [1.29, 1.82) is 0 Å². The molecule has 1 aliphatic carbocycles. The summed E-state index contributed by atoms with van der Waals surface area (Å²) in [6.45, 7) is 2.99. The van der Waals surface area contributed by atoms with E-state index in [1.807, 2.05) is 54.0 Å². The van der Waals surface area contributed by atoms with Gasteiger partial charge in [0.25, 0.3) is 5.91 Å². The fourth-order valence-electron chi connectivity index (χ4n) is 5.74. The molecule has 0 unspecified atom stereocenters. The number of halogens is 1. The van der Waals surface area contributed by atoms with E-state index in [1.54, 1.807) is 16.8 Å². The van der Waals surface area contributed by atoms with Crippen LogP contribution in [0.3, 0.4) is 0 Å². The number of carbonyl (C=O) groups excluding carboxylic acids is 1. The van der Waals surface area contributed by atoms with Gasteiger partial charge < -0.3 is 11.1 Å². The average molecular weight is 529 g/mol. The lowest BCUT2D eigenvalue weighted by atomic mass is 9.85. The minimum absolute atomic E-state index is 0.0441. The molecule has 1 saturated carbocycles. The smallest absolute Gasteiger partial charge is 0.333 e. The van der Waals surface area contributed by atoms with Gasteiger partial charge >= 0.3 is 5.69 Å². The molecule has 9 heteroatoms. The maximum absolute atomic E-state index is 13.8. The number of aromatic nitrogens is 3. The summed E-state index contributed by atoms with van der Waals surface area (Å²) in [5.74, 6) is 0.761. The highest BCUT2D eigenvalue weighted by Gasteiger charge is 2.26. The monoisotopic (exact) mass is 528 g/mol. The van der Waals surface area contributed by atoms with E-state index in [2.05, 4.69) is 15.3 Å². The highest BCUT2D eigenvalue weighted by Crippen LogP contribution is 2.28. The number of aliphatic imine (C=N–C) groups is 1. The van der Waals surface area contributed by atoms with Crippen molar-refractivity contribution in [3.8, 4) is 5.69 Å². The number of carbonyl (C=O) groups is 1. The number of imidazole rings is 1. The van der Waals surface area contributed by atoms with Crippen molar-refractivity contribution in [2.24, 2.45) is 16.6 Å². The Morgan fingerprint density at radius 1 is 1.11 bits per heavy atom. The van der Waals surface area contributed by atoms with Crippen molar-refractivity contribution in [3.63, 3.8) is 0 Å². The van der Waals surface area contributed by atoms with Crippen molar-refractivity contribution in [1.82, 2.24) is 19.4 Å². The van der Waals surface area contributed by atoms with Gasteiger partial charge in [0.1, 0.15) is 5.84 Å². The van der Waals surface area contributed by atoms with Crippen LogP contribution in [0, 0.1) is 12.8 Å². The molecule has 0 saturated heterocycles. The summed E-state index contributed by atoms with van der Waals surface area (Å²) in [6, 6.07) is 15.6. The van der Waals surface area contributed by atoms with E-state index in [1.165, 1.54) is 0 Å². The lowest BCUT2D eigenvalue weighted by Gasteiger charge is -2.29. The van der Waals surface area contributed by atoms with Crippen molar-refractivity contribution in [2.45, 2.75) is 51.7 Å². The van der Waals surface area contributed by atoms with Gasteiger partial charge in [0.05, 0.1) is 39.5 Å². The molecular weight excluding hydrogens is 500 g/mol. The largest absolute Gasteiger partial charge is 0.383 e. The number of benzene rings is 2. The summed E-state index contributed by atoms with van der Waals surface area (Å²) >= 11 is 6.04. The third-order valence-corrected chi connectivity index (χ3v) is 8.01. The molecule has 4 aromatic rings. The molecule has 194 valence electrons. The highest BCUT2D eigenvalue weighted by molar-refractivity contribution is 6.30. The SMILES string of the molecule is Cc1ncc(Cl)cc1C(=O)NC1CCC(Cn2c(=O)n(-c3ccc4c(c3)CN=C4N)c3ccccc32)CC1. The fraction of sp³-hybridized carbons (Fsp3) is 0.310. The summed E-state index contributed by atoms with van der Waals surface area (Å²) < 4.78 is 3.69. The third-order valence-electron chi connectivity index (χ3n) is 7.80. The van der Waals surface area contributed by atoms with Gasteiger partial charge in [-0.15, -0.1) is 0 Å². The van der Waals surface area contributed by atoms with Gasteiger partial charge in [-0.3, -0.25) is 23.9 Å². The van der Waals surface area contributed by atoms with Gasteiger partial charge in [-0.25, -0.2) is 4.79 Å². The van der Waals surface area contributed by atoms with Crippen LogP contribution in [0.4, 0.5) is 0 Å². The Kier molecular flexibility index (Phi) is 6.27. The highest BCUT2D eigenvalue weighted by atomic mass is 35.5. The first-order valence-corrected chi connectivity index (χ1v) is 13.3. The molecule has 2 aliphatic rings. The average Bonchev–Trinajstić information content (AvgIpc) is 3.42. The van der Waals surface area contributed by atoms with E-state index >= 15 is 0 Å². The maximum Gasteiger partial charge on any atom is 0.333 e. The molecule has 38 heavy (non-hydrogen) atoms. The number of para-hydroxylation sites is 2. The van der Waals surface area contributed by atoms with Crippen LogP contribution in [0.2, 0.25) is 5.02 Å². The molecule has 2 aromatic heterocycles. The van der Waals surface area contributed by atoms with E-state index in [0.717, 1.165) is 53.5 Å². The first-order valence-electron chi connectivity index (χ1n) is 13.0. The van der Waals surface area contributed by atoms with E-state index in [9.17, 15) is 9.59 Å². The number of nitrogens with two attached hydrogens (primary N) is 1. The minimum Gasteiger partial charge on any atom is -0.383 e. The van der Waals surface area contributed by atoms with Crippen LogP contribution in [-0.4, -0.2) is 31.9 Å². The predicted molar refractivity (Wildman–Crippen MR) is 149 cm³/mol. The summed E-state index contributed by atoms with van der Waals surface area (Å²) in [5, 5.41) is 3.60. The molecule has 6 rings (SSSR count). The van der Waals surface area contributed by atoms with Crippen molar-refractivity contribution >= 4 is 34.4 Å². The zero-order valence-electron chi connectivity index (χ0n) is 21.2. The first-order chi connectivity index (χ1) is 18.4. The molecule has 3 N–H and O–H groups in total. The number of amidine groups is 1. The molecule has 0 bridgehead atoms. The van der Waals surface area contributed by atoms with Gasteiger partial charge in [-0.2, -0.15) is 0 Å². The number of nitrogens with one attached hydrogen (secondary N) is 1. The molecule has 0 atom stereocenters. The molecule has 2 aromatic carbocycles. The summed E-state index contributed by atoms with van der Waals surface area (Å²) in [6.07, 6.45) is 5.14. The number of hydrogen-bond acceptors (Lipinski definition) is 5. The topological polar surface area (TPSA) is 107 Å². The van der Waals surface area contributed by atoms with Gasteiger partial charge in [0.2, 0.25) is 0 Å². The van der Waals surface area contributed by atoms with E-state index in [4.69, 9.17) is 17.3 Å². The second-order valence-corrected chi connectivity index (χ2v) is 10.7. The van der Waals surface area contributed by atoms with Crippen LogP contribution in [0.5, 0.6) is 0 Å². The zero-order chi connectivity index (χ0) is 26.4. The standard InChI is InChI=1S/C29H29ClN6O2/c1-17-24(13-20(30)15-32-17)28(37)34-21-8-6-18(7-9-21)16-35-25-4-2-3-5-26(25)36(29(35)38)22-10-11-23-19(12-22)14-33-27(23)31/h2-5,10-13,15,18,21H,6-9,14,16H2,1H3,(H2,31,33)(H,34,37). The molecule has 1 fully saturated rings. The van der Waals surface area contributed by atoms with Crippen molar-refractivity contribution in [2.75, 3.05) is 0 Å². The van der Waals surface area contributed by atoms with Crippen LogP contribution >= 0.6 is 11.6 Å². The number of nitrogens with zero attached hydrogens (tertiary/aromatic N) is 4. The van der Waals surface area contributed by atoms with Crippen LogP contribution < -0.4 is 16.7 Å². The Hall–Kier alpha value is -3.91. The van der Waals surface area contributed by atoms with Gasteiger partial charge in [-0.1, -0.05) is 23.7 Å². The zero-order valence-corrected chi connectivity index (χ0v) is 21.9. The van der Waals surface area contributed by atoms with Crippen LogP contribution in [0.1, 0.15) is 52.9 Å². The van der Waals surface area contributed by atoms with E-state index in [-0.39, 0.29) is 17.6 Å². The molecule has 1 aliphatic heterocycles. The second-order valence-electron chi connectivity index (χ2n) is 10.2. The molecule has 0 spiro atoms. The van der Waals surface area contributed by atoms with Crippen LogP contribution in [0.15, 0.2) is 64.5 Å². The maximum atomic E-state index is 13.8. The minimum atomic E-state index is -0.137. The summed E-state index contributed by atoms with van der Waals surface area (Å²) in [4.78, 5) is 35.1. The molecule has 3 heterocycles. The van der Waals surface area contributed by atoms with Gasteiger partial charge in [-0.05, 0) is 80.5 Å². The third kappa shape index (κ3) is 4.39. The Morgan fingerprint density at radius 3 is 2.66 bits per heavy atom. The van der Waals surface area contributed by atoms with Gasteiger partial charge in [0.15, 0.2) is 0 Å². The number of aryl methyl sites for hydroxylation is 1. The number of fused-ring (bicyclic) bond motifs is 2. The number of hydrogen-bond donors (Lipinski definition) is 2. The Labute approximate surface area is 225 Å². The Bertz CT molecular complexity index is 1640. The molecule has 0 radical (unpaired) electrons. The Morgan fingerprint density at radius 2 is 1.87 bits per heavy atom.